The molecule has 1 aliphatic carbocycles. The highest BCUT2D eigenvalue weighted by molar-refractivity contribution is 7.89. The summed E-state index contributed by atoms with van der Waals surface area (Å²) in [6, 6.07) is 3.16. The first-order chi connectivity index (χ1) is 18.2. The first-order valence-corrected chi connectivity index (χ1v) is 15.5. The van der Waals surface area contributed by atoms with E-state index in [9.17, 15) is 22.0 Å². The van der Waals surface area contributed by atoms with Crippen LogP contribution >= 0.6 is 11.3 Å². The number of carbonyl (C=O) groups excluding carboxylic acids is 1. The lowest BCUT2D eigenvalue weighted by Gasteiger charge is -2.31. The third-order valence-electron chi connectivity index (χ3n) is 6.99. The van der Waals surface area contributed by atoms with Gasteiger partial charge in [0.05, 0.1) is 11.3 Å². The molecule has 0 radical (unpaired) electrons. The van der Waals surface area contributed by atoms with Gasteiger partial charge in [0.15, 0.2) is 5.13 Å². The smallest absolute Gasteiger partial charge is 0.214 e. The summed E-state index contributed by atoms with van der Waals surface area (Å²) in [6.07, 6.45) is 9.98. The van der Waals surface area contributed by atoms with E-state index in [2.05, 4.69) is 21.7 Å². The van der Waals surface area contributed by atoms with Gasteiger partial charge in [-0.15, -0.1) is 0 Å². The maximum Gasteiger partial charge on any atom is 0.214 e. The van der Waals surface area contributed by atoms with Crippen molar-refractivity contribution < 1.29 is 22.0 Å². The molecule has 0 bridgehead atoms. The third-order valence-corrected chi connectivity index (χ3v) is 9.95. The first-order valence-electron chi connectivity index (χ1n) is 13.1. The Balaban J connectivity index is 1.21. The van der Waals surface area contributed by atoms with E-state index >= 15 is 0 Å². The Hall–Kier alpha value is -2.41. The Kier molecular flexibility index (Phi) is 9.85. The maximum atomic E-state index is 14.0. The zero-order valence-electron chi connectivity index (χ0n) is 21.3. The number of hydrogen-bond donors (Lipinski definition) is 3. The van der Waals surface area contributed by atoms with E-state index in [0.717, 1.165) is 36.4 Å². The van der Waals surface area contributed by atoms with Crippen LogP contribution in [0, 0.1) is 11.6 Å². The van der Waals surface area contributed by atoms with Gasteiger partial charge in [-0.05, 0) is 76.6 Å². The molecule has 8 nitrogen and oxygen atoms in total. The topological polar surface area (TPSA) is 117 Å². The van der Waals surface area contributed by atoms with Gasteiger partial charge in [-0.3, -0.25) is 4.79 Å². The number of nitrogens with zero attached hydrogens (tertiary/aromatic N) is 2. The van der Waals surface area contributed by atoms with Crippen LogP contribution in [0.3, 0.4) is 0 Å². The molecule has 0 unspecified atom stereocenters. The van der Waals surface area contributed by atoms with Gasteiger partial charge in [-0.2, -0.15) is 0 Å². The monoisotopic (exact) mass is 567 g/mol. The van der Waals surface area contributed by atoms with Crippen LogP contribution in [-0.2, 0) is 10.0 Å². The normalized spacial score (nSPS) is 17.4. The van der Waals surface area contributed by atoms with E-state index in [-0.39, 0.29) is 22.5 Å². The molecule has 2 aromatic rings. The Labute approximate surface area is 226 Å². The van der Waals surface area contributed by atoms with E-state index in [0.29, 0.717) is 44.0 Å². The standard InChI is InChI=1S/C26H35F2N5O3S2/c27-20-8-4-9-21(28)22(20)23(34)24-25(29)32-26(37-24)31-19-11-15-33(16-12-19)38(35,36)17-5-13-30-14-10-18-6-2-1-3-7-18/h4,6,8-9,19,30H,1-3,5,7,10-17,29H2,(H,31,32). The molecule has 1 saturated heterocycles. The largest absolute Gasteiger partial charge is 0.382 e. The molecule has 38 heavy (non-hydrogen) atoms. The summed E-state index contributed by atoms with van der Waals surface area (Å²) in [5, 5.41) is 6.91. The van der Waals surface area contributed by atoms with Crippen molar-refractivity contribution in [3.05, 3.63) is 51.9 Å². The number of carbonyl (C=O) groups is 1. The summed E-state index contributed by atoms with van der Waals surface area (Å²) < 4.78 is 55.2. The SMILES string of the molecule is Nc1nc(NC2CCN(S(=O)(=O)CCCNCCC3=CCCCC3)CC2)sc1C(=O)c1c(F)cccc1F. The van der Waals surface area contributed by atoms with Crippen LogP contribution in [0.4, 0.5) is 19.7 Å². The molecule has 4 rings (SSSR count). The van der Waals surface area contributed by atoms with Crippen LogP contribution in [0.5, 0.6) is 0 Å². The number of piperidine rings is 1. The molecular formula is C26H35F2N5O3S2. The molecule has 0 saturated carbocycles. The second-order valence-electron chi connectivity index (χ2n) is 9.75. The van der Waals surface area contributed by atoms with Gasteiger partial charge in [-0.1, -0.05) is 29.1 Å². The fourth-order valence-electron chi connectivity index (χ4n) is 4.85. The molecular weight excluding hydrogens is 532 g/mol. The Morgan fingerprint density at radius 1 is 1.16 bits per heavy atom. The fraction of sp³-hybridized carbons (Fsp3) is 0.538. The zero-order valence-corrected chi connectivity index (χ0v) is 23.0. The lowest BCUT2D eigenvalue weighted by Crippen LogP contribution is -2.43. The Morgan fingerprint density at radius 2 is 1.89 bits per heavy atom. The first kappa shape index (κ1) is 28.6. The average molecular weight is 568 g/mol. The van der Waals surface area contributed by atoms with Crippen LogP contribution < -0.4 is 16.4 Å². The molecule has 208 valence electrons. The molecule has 0 amide bonds. The van der Waals surface area contributed by atoms with E-state index < -0.39 is 33.0 Å². The number of nitrogens with one attached hydrogen (secondary N) is 2. The van der Waals surface area contributed by atoms with Gasteiger partial charge in [0.2, 0.25) is 15.8 Å². The predicted octanol–water partition coefficient (Wildman–Crippen LogP) is 4.31. The van der Waals surface area contributed by atoms with Gasteiger partial charge < -0.3 is 16.4 Å². The van der Waals surface area contributed by atoms with Crippen molar-refractivity contribution in [1.82, 2.24) is 14.6 Å². The number of ketones is 1. The summed E-state index contributed by atoms with van der Waals surface area (Å²) in [4.78, 5) is 16.8. The van der Waals surface area contributed by atoms with E-state index in [1.54, 1.807) is 0 Å². The van der Waals surface area contributed by atoms with Crippen molar-refractivity contribution in [1.29, 1.82) is 0 Å². The predicted molar refractivity (Wildman–Crippen MR) is 147 cm³/mol. The number of thiazole rings is 1. The molecule has 0 spiro atoms. The number of aromatic nitrogens is 1. The van der Waals surface area contributed by atoms with Crippen LogP contribution in [0.15, 0.2) is 29.8 Å². The molecule has 1 aromatic carbocycles. The number of hydrogen-bond acceptors (Lipinski definition) is 8. The minimum absolute atomic E-state index is 0.0411. The summed E-state index contributed by atoms with van der Waals surface area (Å²) in [6.45, 7) is 2.32. The van der Waals surface area contributed by atoms with Gasteiger partial charge in [-0.25, -0.2) is 26.5 Å². The van der Waals surface area contributed by atoms with Gasteiger partial charge in [0.1, 0.15) is 22.3 Å². The minimum atomic E-state index is -3.33. The number of rotatable bonds is 12. The second-order valence-corrected chi connectivity index (χ2v) is 12.8. The van der Waals surface area contributed by atoms with Crippen molar-refractivity contribution >= 4 is 38.1 Å². The lowest BCUT2D eigenvalue weighted by molar-refractivity contribution is 0.103. The van der Waals surface area contributed by atoms with Crippen molar-refractivity contribution in [3.8, 4) is 0 Å². The summed E-state index contributed by atoms with van der Waals surface area (Å²) in [7, 11) is -3.33. The van der Waals surface area contributed by atoms with Crippen LogP contribution in [-0.4, -0.2) is 61.5 Å². The van der Waals surface area contributed by atoms with Crippen LogP contribution in [0.1, 0.15) is 66.6 Å². The fourth-order valence-corrected chi connectivity index (χ4v) is 7.29. The summed E-state index contributed by atoms with van der Waals surface area (Å²) in [5.74, 6) is -2.76. The van der Waals surface area contributed by atoms with Crippen LogP contribution in [0.2, 0.25) is 0 Å². The van der Waals surface area contributed by atoms with Crippen molar-refractivity contribution in [3.63, 3.8) is 0 Å². The molecule has 1 aromatic heterocycles. The molecule has 2 aliphatic rings. The average Bonchev–Trinajstić information content (AvgIpc) is 3.26. The third kappa shape index (κ3) is 7.37. The second kappa shape index (κ2) is 13.1. The molecule has 12 heteroatoms. The molecule has 2 heterocycles. The molecule has 1 fully saturated rings. The highest BCUT2D eigenvalue weighted by atomic mass is 32.2. The molecule has 4 N–H and O–H groups in total. The van der Waals surface area contributed by atoms with Crippen LogP contribution in [0.25, 0.3) is 0 Å². The quantitative estimate of drug-likeness (QED) is 0.199. The minimum Gasteiger partial charge on any atom is -0.382 e. The van der Waals surface area contributed by atoms with E-state index in [4.69, 9.17) is 5.73 Å². The lowest BCUT2D eigenvalue weighted by atomic mass is 9.97. The number of benzene rings is 1. The Morgan fingerprint density at radius 3 is 2.58 bits per heavy atom. The summed E-state index contributed by atoms with van der Waals surface area (Å²) in [5.41, 5.74) is 6.72. The van der Waals surface area contributed by atoms with Gasteiger partial charge in [0.25, 0.3) is 0 Å². The van der Waals surface area contributed by atoms with Crippen molar-refractivity contribution in [2.75, 3.05) is 43.0 Å². The van der Waals surface area contributed by atoms with E-state index in [1.807, 2.05) is 0 Å². The van der Waals surface area contributed by atoms with Gasteiger partial charge in [0, 0.05) is 19.1 Å². The van der Waals surface area contributed by atoms with Crippen molar-refractivity contribution in [2.45, 2.75) is 57.4 Å². The highest BCUT2D eigenvalue weighted by Crippen LogP contribution is 2.30. The highest BCUT2D eigenvalue weighted by Gasteiger charge is 2.29. The summed E-state index contributed by atoms with van der Waals surface area (Å²) >= 11 is 0.934. The van der Waals surface area contributed by atoms with E-state index in [1.165, 1.54) is 41.6 Å². The number of anilines is 2. The number of allylic oxidation sites excluding steroid dienone is 1. The van der Waals surface area contributed by atoms with Crippen molar-refractivity contribution in [2.24, 2.45) is 0 Å². The number of nitrogens with two attached hydrogens (primary N) is 1. The van der Waals surface area contributed by atoms with Gasteiger partial charge >= 0.3 is 0 Å². The molecule has 0 atom stereocenters. The number of sulfonamides is 1. The number of halogens is 2. The number of nitrogen functional groups attached to an aromatic ring is 1. The zero-order chi connectivity index (χ0) is 27.1. The Bertz CT molecular complexity index is 1240. The maximum absolute atomic E-state index is 14.0. The molecule has 1 aliphatic heterocycles.